The van der Waals surface area contributed by atoms with Crippen molar-refractivity contribution >= 4 is 11.9 Å². The van der Waals surface area contributed by atoms with Gasteiger partial charge in [0.25, 0.3) is 6.04 Å². The van der Waals surface area contributed by atoms with Crippen molar-refractivity contribution in [3.8, 4) is 0 Å². The number of carbonyl (C=O) groups is 2. The standard InChI is InChI=1S/C21H21NO6/c1-3-27-20(23)18(21(24)28-4-2)17-13-9-5-7-11-15(13)19(22(25)26)16-12-8-6-10-14(16)17/h5-12,17-19H,3-4H2,1-2H3. The minimum absolute atomic E-state index is 0.113. The van der Waals surface area contributed by atoms with Gasteiger partial charge in [-0.25, -0.2) is 0 Å². The second-order valence-electron chi connectivity index (χ2n) is 6.41. The summed E-state index contributed by atoms with van der Waals surface area (Å²) in [6, 6.07) is 12.6. The number of nitro groups is 1. The van der Waals surface area contributed by atoms with Crippen molar-refractivity contribution in [2.75, 3.05) is 13.2 Å². The van der Waals surface area contributed by atoms with Gasteiger partial charge in [0.2, 0.25) is 0 Å². The molecule has 0 fully saturated rings. The highest BCUT2D eigenvalue weighted by molar-refractivity contribution is 5.97. The number of hydrogen-bond acceptors (Lipinski definition) is 6. The Hall–Kier alpha value is -3.22. The topological polar surface area (TPSA) is 95.7 Å². The Balaban J connectivity index is 2.24. The molecule has 0 saturated carbocycles. The third-order valence-electron chi connectivity index (χ3n) is 4.88. The molecular formula is C21H21NO6. The average Bonchev–Trinajstić information content (AvgIpc) is 2.68. The van der Waals surface area contributed by atoms with E-state index in [4.69, 9.17) is 9.47 Å². The van der Waals surface area contributed by atoms with E-state index in [-0.39, 0.29) is 18.1 Å². The monoisotopic (exact) mass is 383 g/mol. The molecule has 0 bridgehead atoms. The quantitative estimate of drug-likeness (QED) is 0.329. The minimum Gasteiger partial charge on any atom is -0.465 e. The summed E-state index contributed by atoms with van der Waals surface area (Å²) in [6.45, 7) is 3.54. The Morgan fingerprint density at radius 3 is 1.64 bits per heavy atom. The van der Waals surface area contributed by atoms with Crippen molar-refractivity contribution in [2.45, 2.75) is 25.8 Å². The SMILES string of the molecule is CCOC(=O)C(C(=O)OCC)C1c2ccccc2C([N+](=O)[O-])c2ccccc21. The number of carbonyl (C=O) groups excluding carboxylic acids is 2. The molecule has 28 heavy (non-hydrogen) atoms. The maximum atomic E-state index is 12.7. The van der Waals surface area contributed by atoms with Crippen LogP contribution in [0, 0.1) is 16.0 Å². The molecule has 2 aromatic rings. The molecule has 0 N–H and O–H groups in total. The lowest BCUT2D eigenvalue weighted by Gasteiger charge is -2.33. The molecule has 1 aliphatic carbocycles. The van der Waals surface area contributed by atoms with Crippen LogP contribution >= 0.6 is 0 Å². The van der Waals surface area contributed by atoms with E-state index >= 15 is 0 Å². The van der Waals surface area contributed by atoms with Gasteiger partial charge in [0.15, 0.2) is 5.92 Å². The summed E-state index contributed by atoms with van der Waals surface area (Å²) in [5, 5.41) is 11.9. The first-order chi connectivity index (χ1) is 13.5. The first-order valence-electron chi connectivity index (χ1n) is 9.15. The lowest BCUT2D eigenvalue weighted by Crippen LogP contribution is -2.37. The van der Waals surface area contributed by atoms with Crippen molar-refractivity contribution in [2.24, 2.45) is 5.92 Å². The predicted molar refractivity (Wildman–Crippen MR) is 100 cm³/mol. The molecule has 7 heteroatoms. The fraction of sp³-hybridized carbons (Fsp3) is 0.333. The van der Waals surface area contributed by atoms with E-state index < -0.39 is 29.8 Å². The Kier molecular flexibility index (Phi) is 5.73. The second-order valence-corrected chi connectivity index (χ2v) is 6.41. The molecule has 2 aromatic carbocycles. The zero-order valence-electron chi connectivity index (χ0n) is 15.7. The maximum Gasteiger partial charge on any atom is 0.321 e. The normalized spacial score (nSPS) is 17.4. The Morgan fingerprint density at radius 2 is 1.29 bits per heavy atom. The summed E-state index contributed by atoms with van der Waals surface area (Å²) >= 11 is 0. The zero-order chi connectivity index (χ0) is 20.3. The van der Waals surface area contributed by atoms with Gasteiger partial charge in [0.05, 0.1) is 13.2 Å². The lowest BCUT2D eigenvalue weighted by molar-refractivity contribution is -0.517. The van der Waals surface area contributed by atoms with E-state index in [1.165, 1.54) is 0 Å². The molecule has 0 spiro atoms. The smallest absolute Gasteiger partial charge is 0.321 e. The van der Waals surface area contributed by atoms with Crippen LogP contribution in [0.15, 0.2) is 48.5 Å². The van der Waals surface area contributed by atoms with Gasteiger partial charge >= 0.3 is 11.9 Å². The molecule has 0 unspecified atom stereocenters. The van der Waals surface area contributed by atoms with Crippen molar-refractivity contribution in [1.29, 1.82) is 0 Å². The van der Waals surface area contributed by atoms with E-state index in [1.54, 1.807) is 62.4 Å². The Labute approximate surface area is 162 Å². The first kappa shape index (κ1) is 19.5. The fourth-order valence-electron chi connectivity index (χ4n) is 3.84. The summed E-state index contributed by atoms with van der Waals surface area (Å²) in [5.74, 6) is -3.36. The van der Waals surface area contributed by atoms with Crippen LogP contribution in [0.1, 0.15) is 48.1 Å². The van der Waals surface area contributed by atoms with E-state index in [0.717, 1.165) is 0 Å². The zero-order valence-corrected chi connectivity index (χ0v) is 15.7. The number of benzene rings is 2. The molecule has 7 nitrogen and oxygen atoms in total. The van der Waals surface area contributed by atoms with E-state index in [1.807, 2.05) is 0 Å². The van der Waals surface area contributed by atoms with Gasteiger partial charge in [0, 0.05) is 22.0 Å². The molecule has 1 aliphatic rings. The van der Waals surface area contributed by atoms with Gasteiger partial charge in [0.1, 0.15) is 0 Å². The van der Waals surface area contributed by atoms with Crippen LogP contribution in [0.3, 0.4) is 0 Å². The van der Waals surface area contributed by atoms with Crippen molar-refractivity contribution < 1.29 is 24.0 Å². The molecule has 0 aliphatic heterocycles. The number of hydrogen-bond donors (Lipinski definition) is 0. The van der Waals surface area contributed by atoms with Crippen LogP contribution in [0.2, 0.25) is 0 Å². The summed E-state index contributed by atoms with van der Waals surface area (Å²) < 4.78 is 10.3. The van der Waals surface area contributed by atoms with E-state index in [2.05, 4.69) is 0 Å². The Bertz CT molecular complexity index is 844. The van der Waals surface area contributed by atoms with Crippen molar-refractivity contribution in [3.05, 3.63) is 80.9 Å². The van der Waals surface area contributed by atoms with Gasteiger partial charge in [-0.05, 0) is 25.0 Å². The van der Waals surface area contributed by atoms with Crippen LogP contribution < -0.4 is 0 Å². The molecule has 0 aromatic heterocycles. The summed E-state index contributed by atoms with van der Waals surface area (Å²) in [7, 11) is 0. The molecule has 0 heterocycles. The molecule has 3 rings (SSSR count). The Morgan fingerprint density at radius 1 is 0.893 bits per heavy atom. The number of ether oxygens (including phenoxy) is 2. The molecule has 0 radical (unpaired) electrons. The maximum absolute atomic E-state index is 12.7. The number of rotatable bonds is 6. The van der Waals surface area contributed by atoms with Gasteiger partial charge in [-0.2, -0.15) is 0 Å². The van der Waals surface area contributed by atoms with E-state index in [9.17, 15) is 19.7 Å². The number of esters is 2. The van der Waals surface area contributed by atoms with Crippen molar-refractivity contribution in [3.63, 3.8) is 0 Å². The average molecular weight is 383 g/mol. The minimum atomic E-state index is -1.24. The largest absolute Gasteiger partial charge is 0.465 e. The first-order valence-corrected chi connectivity index (χ1v) is 9.15. The van der Waals surface area contributed by atoms with Gasteiger partial charge in [-0.3, -0.25) is 19.7 Å². The summed E-state index contributed by atoms with van der Waals surface area (Å²) in [5.41, 5.74) is 2.06. The van der Waals surface area contributed by atoms with Gasteiger partial charge < -0.3 is 9.47 Å². The van der Waals surface area contributed by atoms with Crippen LogP contribution in [0.5, 0.6) is 0 Å². The highest BCUT2D eigenvalue weighted by Gasteiger charge is 2.47. The van der Waals surface area contributed by atoms with Gasteiger partial charge in [-0.1, -0.05) is 48.5 Å². The third kappa shape index (κ3) is 3.35. The highest BCUT2D eigenvalue weighted by atomic mass is 16.6. The highest BCUT2D eigenvalue weighted by Crippen LogP contribution is 2.47. The predicted octanol–water partition coefficient (Wildman–Crippen LogP) is 3.24. The molecule has 146 valence electrons. The van der Waals surface area contributed by atoms with Crippen LogP contribution in [0.25, 0.3) is 0 Å². The molecule has 0 saturated heterocycles. The van der Waals surface area contributed by atoms with E-state index in [0.29, 0.717) is 22.3 Å². The summed E-state index contributed by atoms with van der Waals surface area (Å²) in [6.07, 6.45) is 0. The van der Waals surface area contributed by atoms with Gasteiger partial charge in [-0.15, -0.1) is 0 Å². The fourth-order valence-corrected chi connectivity index (χ4v) is 3.84. The van der Waals surface area contributed by atoms with Crippen LogP contribution in [-0.2, 0) is 19.1 Å². The number of fused-ring (bicyclic) bond motifs is 2. The number of nitrogens with zero attached hydrogens (tertiary/aromatic N) is 1. The third-order valence-corrected chi connectivity index (χ3v) is 4.88. The molecule has 0 amide bonds. The second kappa shape index (κ2) is 8.21. The van der Waals surface area contributed by atoms with Crippen LogP contribution in [0.4, 0.5) is 0 Å². The van der Waals surface area contributed by atoms with Crippen molar-refractivity contribution in [1.82, 2.24) is 0 Å². The summed E-state index contributed by atoms with van der Waals surface area (Å²) in [4.78, 5) is 37.0. The molecule has 0 atom stereocenters. The molecular weight excluding hydrogens is 362 g/mol. The lowest BCUT2D eigenvalue weighted by atomic mass is 9.70. The van der Waals surface area contributed by atoms with Crippen LogP contribution in [-0.4, -0.2) is 30.1 Å².